The summed E-state index contributed by atoms with van der Waals surface area (Å²) >= 11 is 0. The number of halogens is 3. The minimum Gasteiger partial charge on any atom is -0.314 e. The van der Waals surface area contributed by atoms with Crippen molar-refractivity contribution in [1.29, 1.82) is 0 Å². The van der Waals surface area contributed by atoms with Crippen molar-refractivity contribution >= 4 is 11.6 Å². The number of nitrogens with zero attached hydrogens (tertiary/aromatic N) is 1. The van der Waals surface area contributed by atoms with E-state index in [4.69, 9.17) is 0 Å². The van der Waals surface area contributed by atoms with Crippen LogP contribution in [0.1, 0.15) is 12.5 Å². The summed E-state index contributed by atoms with van der Waals surface area (Å²) in [5, 5.41) is 3.04. The second-order valence-corrected chi connectivity index (χ2v) is 4.61. The molecule has 3 nitrogen and oxygen atoms in total. The lowest BCUT2D eigenvalue weighted by molar-refractivity contribution is -0.137. The fraction of sp³-hybridized carbons (Fsp3) is 0.462. The third-order valence-electron chi connectivity index (χ3n) is 3.15. The zero-order chi connectivity index (χ0) is 14.0. The topological polar surface area (TPSA) is 32.3 Å². The van der Waals surface area contributed by atoms with Gasteiger partial charge < -0.3 is 10.2 Å². The molecule has 0 aromatic heterocycles. The van der Waals surface area contributed by atoms with E-state index in [1.165, 1.54) is 23.1 Å². The third-order valence-corrected chi connectivity index (χ3v) is 3.15. The number of hydrogen-bond acceptors (Lipinski definition) is 2. The van der Waals surface area contributed by atoms with Crippen molar-refractivity contribution in [1.82, 2.24) is 5.32 Å². The minimum atomic E-state index is -4.46. The Balaban J connectivity index is 2.43. The van der Waals surface area contributed by atoms with Crippen LogP contribution in [-0.2, 0) is 11.0 Å². The fourth-order valence-electron chi connectivity index (χ4n) is 2.16. The van der Waals surface area contributed by atoms with Crippen LogP contribution in [0.5, 0.6) is 0 Å². The van der Waals surface area contributed by atoms with Crippen LogP contribution in [0.4, 0.5) is 18.9 Å². The smallest absolute Gasteiger partial charge is 0.314 e. The first kappa shape index (κ1) is 13.9. The molecule has 1 aliphatic heterocycles. The molecule has 1 aromatic rings. The summed E-state index contributed by atoms with van der Waals surface area (Å²) in [4.78, 5) is 13.4. The molecule has 0 spiro atoms. The molecule has 1 N–H and O–H groups in total. The Morgan fingerprint density at radius 2 is 2.00 bits per heavy atom. The van der Waals surface area contributed by atoms with Gasteiger partial charge in [0.1, 0.15) is 0 Å². The van der Waals surface area contributed by atoms with Crippen molar-refractivity contribution in [3.63, 3.8) is 0 Å². The van der Waals surface area contributed by atoms with Crippen LogP contribution < -0.4 is 10.2 Å². The van der Waals surface area contributed by atoms with Gasteiger partial charge in [0, 0.05) is 25.6 Å². The van der Waals surface area contributed by atoms with Crippen molar-refractivity contribution in [3.8, 4) is 0 Å². The van der Waals surface area contributed by atoms with Crippen LogP contribution in [-0.4, -0.2) is 25.5 Å². The lowest BCUT2D eigenvalue weighted by atomic mass is 10.1. The van der Waals surface area contributed by atoms with Crippen LogP contribution in [0.15, 0.2) is 24.3 Å². The number of benzene rings is 1. The number of carbonyl (C=O) groups excluding carboxylic acids is 1. The summed E-state index contributed by atoms with van der Waals surface area (Å²) in [6.45, 7) is 2.94. The average molecular weight is 272 g/mol. The zero-order valence-electron chi connectivity index (χ0n) is 10.5. The van der Waals surface area contributed by atoms with Gasteiger partial charge in [0.25, 0.3) is 0 Å². The van der Waals surface area contributed by atoms with Crippen molar-refractivity contribution in [3.05, 3.63) is 29.8 Å². The molecule has 1 aromatic carbocycles. The average Bonchev–Trinajstić information content (AvgIpc) is 2.52. The van der Waals surface area contributed by atoms with Crippen molar-refractivity contribution in [2.45, 2.75) is 13.1 Å². The van der Waals surface area contributed by atoms with Gasteiger partial charge in [-0.2, -0.15) is 13.2 Å². The SMILES string of the molecule is CC1CNCCN(c2ccccc2C(F)(F)F)C1=O. The number of alkyl halides is 3. The summed E-state index contributed by atoms with van der Waals surface area (Å²) in [6, 6.07) is 5.20. The Morgan fingerprint density at radius 3 is 2.68 bits per heavy atom. The van der Waals surface area contributed by atoms with Gasteiger partial charge in [-0.3, -0.25) is 4.79 Å². The minimum absolute atomic E-state index is 0.0597. The van der Waals surface area contributed by atoms with E-state index in [0.717, 1.165) is 6.07 Å². The van der Waals surface area contributed by atoms with E-state index in [9.17, 15) is 18.0 Å². The maximum atomic E-state index is 13.0. The number of amides is 1. The first-order valence-corrected chi connectivity index (χ1v) is 6.09. The van der Waals surface area contributed by atoms with Gasteiger partial charge in [-0.25, -0.2) is 0 Å². The maximum absolute atomic E-state index is 13.0. The van der Waals surface area contributed by atoms with E-state index in [1.807, 2.05) is 0 Å². The number of nitrogens with one attached hydrogen (secondary N) is 1. The quantitative estimate of drug-likeness (QED) is 0.850. The van der Waals surface area contributed by atoms with Gasteiger partial charge in [-0.1, -0.05) is 19.1 Å². The predicted molar refractivity (Wildman–Crippen MR) is 65.8 cm³/mol. The molecule has 19 heavy (non-hydrogen) atoms. The molecule has 0 radical (unpaired) electrons. The molecular weight excluding hydrogens is 257 g/mol. The van der Waals surface area contributed by atoms with Gasteiger partial charge in [-0.15, -0.1) is 0 Å². The first-order valence-electron chi connectivity index (χ1n) is 6.09. The molecule has 1 heterocycles. The molecule has 6 heteroatoms. The molecule has 1 amide bonds. The highest BCUT2D eigenvalue weighted by atomic mass is 19.4. The zero-order valence-corrected chi connectivity index (χ0v) is 10.5. The molecule has 1 saturated heterocycles. The Kier molecular flexibility index (Phi) is 3.80. The second kappa shape index (κ2) is 5.21. The van der Waals surface area contributed by atoms with Gasteiger partial charge in [0.15, 0.2) is 0 Å². The summed E-state index contributed by atoms with van der Waals surface area (Å²) in [5.41, 5.74) is -0.826. The van der Waals surface area contributed by atoms with Gasteiger partial charge in [0.05, 0.1) is 11.3 Å². The number of carbonyl (C=O) groups is 1. The van der Waals surface area contributed by atoms with Gasteiger partial charge in [0.2, 0.25) is 5.91 Å². The highest BCUT2D eigenvalue weighted by Crippen LogP contribution is 2.36. The summed E-state index contributed by atoms with van der Waals surface area (Å²) in [6.07, 6.45) is -4.46. The molecule has 0 bridgehead atoms. The van der Waals surface area contributed by atoms with E-state index >= 15 is 0 Å². The Hall–Kier alpha value is -1.56. The first-order chi connectivity index (χ1) is 8.91. The van der Waals surface area contributed by atoms with E-state index in [1.54, 1.807) is 6.92 Å². The molecule has 1 unspecified atom stereocenters. The standard InChI is InChI=1S/C13H15F3N2O/c1-9-8-17-6-7-18(12(9)19)11-5-3-2-4-10(11)13(14,15)16/h2-5,9,17H,6-8H2,1H3. The Labute approximate surface area is 109 Å². The lowest BCUT2D eigenvalue weighted by Crippen LogP contribution is -2.36. The lowest BCUT2D eigenvalue weighted by Gasteiger charge is -2.25. The molecule has 2 rings (SSSR count). The van der Waals surface area contributed by atoms with Crippen molar-refractivity contribution in [2.24, 2.45) is 5.92 Å². The van der Waals surface area contributed by atoms with Crippen molar-refractivity contribution in [2.75, 3.05) is 24.5 Å². The molecule has 0 aliphatic carbocycles. The Bertz CT molecular complexity index is 473. The number of para-hydroxylation sites is 1. The largest absolute Gasteiger partial charge is 0.418 e. The molecule has 0 saturated carbocycles. The summed E-state index contributed by atoms with van der Waals surface area (Å²) in [7, 11) is 0. The fourth-order valence-corrected chi connectivity index (χ4v) is 2.16. The summed E-state index contributed by atoms with van der Waals surface area (Å²) < 4.78 is 38.9. The van der Waals surface area contributed by atoms with Crippen LogP contribution in [0.25, 0.3) is 0 Å². The highest BCUT2D eigenvalue weighted by molar-refractivity contribution is 5.96. The third kappa shape index (κ3) is 2.89. The predicted octanol–water partition coefficient (Wildman–Crippen LogP) is 2.28. The van der Waals surface area contributed by atoms with Crippen LogP contribution in [0.2, 0.25) is 0 Å². The van der Waals surface area contributed by atoms with E-state index < -0.39 is 11.7 Å². The molecular formula is C13H15F3N2O. The van der Waals surface area contributed by atoms with Crippen molar-refractivity contribution < 1.29 is 18.0 Å². The van der Waals surface area contributed by atoms with E-state index in [-0.39, 0.29) is 24.1 Å². The number of rotatable bonds is 1. The van der Waals surface area contributed by atoms with Crippen LogP contribution >= 0.6 is 0 Å². The van der Waals surface area contributed by atoms with Crippen LogP contribution in [0, 0.1) is 5.92 Å². The van der Waals surface area contributed by atoms with Crippen LogP contribution in [0.3, 0.4) is 0 Å². The van der Waals surface area contributed by atoms with Gasteiger partial charge in [-0.05, 0) is 12.1 Å². The van der Waals surface area contributed by atoms with E-state index in [0.29, 0.717) is 13.1 Å². The molecule has 104 valence electrons. The maximum Gasteiger partial charge on any atom is 0.418 e. The highest BCUT2D eigenvalue weighted by Gasteiger charge is 2.36. The second-order valence-electron chi connectivity index (χ2n) is 4.61. The summed E-state index contributed by atoms with van der Waals surface area (Å²) in [5.74, 6) is -0.606. The monoisotopic (exact) mass is 272 g/mol. The molecule has 1 fully saturated rings. The normalized spacial score (nSPS) is 21.4. The number of anilines is 1. The van der Waals surface area contributed by atoms with E-state index in [2.05, 4.69) is 5.32 Å². The molecule has 1 aliphatic rings. The Morgan fingerprint density at radius 1 is 1.32 bits per heavy atom. The molecule has 1 atom stereocenters. The van der Waals surface area contributed by atoms with Gasteiger partial charge >= 0.3 is 6.18 Å². The number of hydrogen-bond donors (Lipinski definition) is 1.